The van der Waals surface area contributed by atoms with Crippen molar-refractivity contribution in [1.29, 1.82) is 0 Å². The third kappa shape index (κ3) is 121. The standard InChI is InChI=1S/CH3Cl.CH4N2O/c1-2;2-1(3)4/h1H3;(H4,2,3,4). The molecule has 0 aromatic carbocycles. The number of alkyl halides is 1. The van der Waals surface area contributed by atoms with Crippen LogP contribution < -0.4 is 11.5 Å². The van der Waals surface area contributed by atoms with Gasteiger partial charge in [0.15, 0.2) is 0 Å². The van der Waals surface area contributed by atoms with Gasteiger partial charge in [0, 0.05) is 6.38 Å². The lowest BCUT2D eigenvalue weighted by Crippen LogP contribution is -2.18. The van der Waals surface area contributed by atoms with Gasteiger partial charge in [-0.05, 0) is 0 Å². The molecule has 0 spiro atoms. The fraction of sp³-hybridized carbons (Fsp3) is 0.500. The second kappa shape index (κ2) is 8.82. The summed E-state index contributed by atoms with van der Waals surface area (Å²) in [7, 11) is 0. The number of hydrogen-bond acceptors (Lipinski definition) is 1. The Kier molecular flexibility index (Phi) is 13.4. The highest BCUT2D eigenvalue weighted by Gasteiger charge is 1.60. The summed E-state index contributed by atoms with van der Waals surface area (Å²) < 4.78 is 0. The van der Waals surface area contributed by atoms with Gasteiger partial charge < -0.3 is 11.5 Å². The van der Waals surface area contributed by atoms with Crippen molar-refractivity contribution in [3.63, 3.8) is 0 Å². The molecular weight excluding hydrogens is 103 g/mol. The Morgan fingerprint density at radius 3 is 1.50 bits per heavy atom. The Hall–Kier alpha value is -0.440. The van der Waals surface area contributed by atoms with Crippen LogP contribution in [0.2, 0.25) is 0 Å². The van der Waals surface area contributed by atoms with Crippen LogP contribution in [-0.4, -0.2) is 12.4 Å². The lowest BCUT2D eigenvalue weighted by molar-refractivity contribution is 0.256. The highest BCUT2D eigenvalue weighted by atomic mass is 35.5. The molecular formula is C2H7ClN2O. The number of carbonyl (C=O) groups excluding carboxylic acids is 1. The molecule has 4 N–H and O–H groups in total. The Morgan fingerprint density at radius 2 is 1.50 bits per heavy atom. The van der Waals surface area contributed by atoms with E-state index in [1.54, 1.807) is 0 Å². The molecule has 0 aliphatic carbocycles. The van der Waals surface area contributed by atoms with Gasteiger partial charge in [0.05, 0.1) is 0 Å². The van der Waals surface area contributed by atoms with Crippen molar-refractivity contribution in [2.24, 2.45) is 11.5 Å². The maximum atomic E-state index is 9.00. The van der Waals surface area contributed by atoms with Gasteiger partial charge in [-0.1, -0.05) is 0 Å². The van der Waals surface area contributed by atoms with Gasteiger partial charge in [-0.2, -0.15) is 0 Å². The predicted octanol–water partition coefficient (Wildman–Crippen LogP) is -0.121. The van der Waals surface area contributed by atoms with Crippen LogP contribution in [0.1, 0.15) is 0 Å². The number of carbonyl (C=O) groups is 1. The second-order valence-corrected chi connectivity index (χ2v) is 0.402. The highest BCUT2D eigenvalue weighted by molar-refractivity contribution is 6.15. The van der Waals surface area contributed by atoms with E-state index >= 15 is 0 Å². The molecule has 4 heteroatoms. The molecule has 0 atom stereocenters. The van der Waals surface area contributed by atoms with E-state index in [-0.39, 0.29) is 0 Å². The van der Waals surface area contributed by atoms with Gasteiger partial charge in [-0.3, -0.25) is 0 Å². The summed E-state index contributed by atoms with van der Waals surface area (Å²) in [6.07, 6.45) is 1.47. The zero-order valence-electron chi connectivity index (χ0n) is 3.44. The van der Waals surface area contributed by atoms with Crippen molar-refractivity contribution in [1.82, 2.24) is 0 Å². The van der Waals surface area contributed by atoms with Gasteiger partial charge in [0.25, 0.3) is 0 Å². The zero-order valence-corrected chi connectivity index (χ0v) is 4.20. The average molecular weight is 111 g/mol. The molecule has 0 bridgehead atoms. The first-order valence-electron chi connectivity index (χ1n) is 1.16. The summed E-state index contributed by atoms with van der Waals surface area (Å²) in [4.78, 5) is 9.00. The number of primary amides is 2. The van der Waals surface area contributed by atoms with Gasteiger partial charge >= 0.3 is 6.03 Å². The number of hydrogen-bond donors (Lipinski definition) is 2. The molecule has 38 valence electrons. The summed E-state index contributed by atoms with van der Waals surface area (Å²) in [5.41, 5.74) is 8.50. The molecule has 0 aromatic rings. The molecule has 0 aromatic heterocycles. The van der Waals surface area contributed by atoms with E-state index in [1.807, 2.05) is 0 Å². The van der Waals surface area contributed by atoms with Crippen LogP contribution in [0.5, 0.6) is 0 Å². The minimum atomic E-state index is -0.833. The third-order valence-corrected chi connectivity index (χ3v) is 0. The summed E-state index contributed by atoms with van der Waals surface area (Å²) in [5, 5.41) is 0. The Bertz CT molecular complexity index is 34.5. The smallest absolute Gasteiger partial charge is 0.309 e. The number of amides is 2. The first-order valence-corrected chi connectivity index (χ1v) is 1.92. The maximum absolute atomic E-state index is 9.00. The van der Waals surface area contributed by atoms with E-state index in [0.717, 1.165) is 0 Å². The summed E-state index contributed by atoms with van der Waals surface area (Å²) in [5.74, 6) is 0. The van der Waals surface area contributed by atoms with Crippen LogP contribution >= 0.6 is 11.6 Å². The minimum Gasteiger partial charge on any atom is -0.352 e. The first kappa shape index (κ1) is 9.12. The molecule has 0 rings (SSSR count). The zero-order chi connectivity index (χ0) is 5.58. The molecule has 0 aliphatic heterocycles. The molecule has 3 nitrogen and oxygen atoms in total. The molecule has 0 saturated heterocycles. The number of nitrogens with two attached hydrogens (primary N) is 2. The Labute approximate surface area is 41.3 Å². The average Bonchev–Trinajstić information content (AvgIpc) is 1.41. The van der Waals surface area contributed by atoms with Gasteiger partial charge in [0.2, 0.25) is 0 Å². The van der Waals surface area contributed by atoms with E-state index in [0.29, 0.717) is 0 Å². The lowest BCUT2D eigenvalue weighted by atomic mass is 11.2. The summed E-state index contributed by atoms with van der Waals surface area (Å²) >= 11 is 4.64. The van der Waals surface area contributed by atoms with Crippen molar-refractivity contribution in [2.75, 3.05) is 6.38 Å². The van der Waals surface area contributed by atoms with Crippen LogP contribution in [0.15, 0.2) is 0 Å². The van der Waals surface area contributed by atoms with Crippen LogP contribution in [0, 0.1) is 0 Å². The van der Waals surface area contributed by atoms with Crippen LogP contribution in [0.25, 0.3) is 0 Å². The van der Waals surface area contributed by atoms with Crippen LogP contribution in [0.4, 0.5) is 4.79 Å². The third-order valence-electron chi connectivity index (χ3n) is 0. The van der Waals surface area contributed by atoms with Gasteiger partial charge in [-0.15, -0.1) is 11.6 Å². The van der Waals surface area contributed by atoms with Crippen molar-refractivity contribution in [3.8, 4) is 0 Å². The van der Waals surface area contributed by atoms with Crippen molar-refractivity contribution in [3.05, 3.63) is 0 Å². The molecule has 0 aliphatic rings. The second-order valence-electron chi connectivity index (χ2n) is 0.402. The van der Waals surface area contributed by atoms with E-state index in [4.69, 9.17) is 4.79 Å². The largest absolute Gasteiger partial charge is 0.352 e. The number of halogens is 1. The predicted molar refractivity (Wildman–Crippen MR) is 25.5 cm³/mol. The topological polar surface area (TPSA) is 69.1 Å². The summed E-state index contributed by atoms with van der Waals surface area (Å²) in [6.45, 7) is 0. The monoisotopic (exact) mass is 110 g/mol. The molecule has 2 amide bonds. The fourth-order valence-corrected chi connectivity index (χ4v) is 0. The van der Waals surface area contributed by atoms with Crippen molar-refractivity contribution < 1.29 is 4.79 Å². The van der Waals surface area contributed by atoms with Crippen LogP contribution in [0.3, 0.4) is 0 Å². The van der Waals surface area contributed by atoms with Crippen LogP contribution in [-0.2, 0) is 0 Å². The Balaban J connectivity index is 0. The minimum absolute atomic E-state index is 0.833. The van der Waals surface area contributed by atoms with E-state index in [2.05, 4.69) is 23.1 Å². The normalized spacial score (nSPS) is 5.00. The van der Waals surface area contributed by atoms with E-state index in [9.17, 15) is 0 Å². The van der Waals surface area contributed by atoms with E-state index < -0.39 is 6.03 Å². The van der Waals surface area contributed by atoms with Gasteiger partial charge in [-0.25, -0.2) is 4.79 Å². The highest BCUT2D eigenvalue weighted by Crippen LogP contribution is 1.34. The molecule has 0 heterocycles. The van der Waals surface area contributed by atoms with Crippen molar-refractivity contribution in [2.45, 2.75) is 0 Å². The summed E-state index contributed by atoms with van der Waals surface area (Å²) in [6, 6.07) is -0.833. The molecule has 6 heavy (non-hydrogen) atoms. The fourth-order valence-electron chi connectivity index (χ4n) is 0. The molecule has 0 fully saturated rings. The van der Waals surface area contributed by atoms with E-state index in [1.165, 1.54) is 6.38 Å². The first-order chi connectivity index (χ1) is 2.73. The number of rotatable bonds is 0. The quantitative estimate of drug-likeness (QED) is 0.420. The molecule has 0 saturated carbocycles. The van der Waals surface area contributed by atoms with Crippen molar-refractivity contribution >= 4 is 17.6 Å². The van der Waals surface area contributed by atoms with Gasteiger partial charge in [0.1, 0.15) is 0 Å². The molecule has 0 radical (unpaired) electrons. The molecule has 0 unspecified atom stereocenters. The number of urea groups is 1. The Morgan fingerprint density at radius 1 is 1.50 bits per heavy atom. The maximum Gasteiger partial charge on any atom is 0.309 e. The SMILES string of the molecule is CCl.NC(N)=O. The lowest BCUT2D eigenvalue weighted by Gasteiger charge is -1.62.